The number of carbonyl (C=O) groups is 1. The van der Waals surface area contributed by atoms with Crippen molar-refractivity contribution in [1.82, 2.24) is 4.90 Å². The van der Waals surface area contributed by atoms with Crippen LogP contribution in [0.2, 0.25) is 0 Å². The molecular formula is C11H19NO4. The third-order valence-corrected chi connectivity index (χ3v) is 3.15. The van der Waals surface area contributed by atoms with E-state index in [4.69, 9.17) is 14.2 Å². The van der Waals surface area contributed by atoms with E-state index in [1.165, 1.54) is 0 Å². The number of carbonyl (C=O) groups excluding carboxylic acids is 1. The zero-order valence-electron chi connectivity index (χ0n) is 9.68. The number of nitrogens with zero attached hydrogens (tertiary/aromatic N) is 1. The van der Waals surface area contributed by atoms with Crippen LogP contribution in [0.1, 0.15) is 6.42 Å². The van der Waals surface area contributed by atoms with Crippen LogP contribution >= 0.6 is 0 Å². The fourth-order valence-electron chi connectivity index (χ4n) is 2.24. The average Bonchev–Trinajstić information content (AvgIpc) is 2.83. The number of morpholine rings is 1. The normalized spacial score (nSPS) is 30.7. The molecule has 2 aliphatic heterocycles. The van der Waals surface area contributed by atoms with Crippen molar-refractivity contribution in [3.8, 4) is 0 Å². The lowest BCUT2D eigenvalue weighted by molar-refractivity contribution is -0.146. The molecule has 2 aliphatic rings. The van der Waals surface area contributed by atoms with Gasteiger partial charge in [0.1, 0.15) is 0 Å². The SMILES string of the molecule is COCC1COCCN1C(=O)C1CCOC1. The number of ether oxygens (including phenoxy) is 3. The Balaban J connectivity index is 1.95. The largest absolute Gasteiger partial charge is 0.382 e. The molecule has 0 aliphatic carbocycles. The van der Waals surface area contributed by atoms with E-state index < -0.39 is 0 Å². The van der Waals surface area contributed by atoms with Crippen molar-refractivity contribution in [1.29, 1.82) is 0 Å². The summed E-state index contributed by atoms with van der Waals surface area (Å²) >= 11 is 0. The highest BCUT2D eigenvalue weighted by atomic mass is 16.5. The molecule has 2 fully saturated rings. The Morgan fingerprint density at radius 1 is 1.38 bits per heavy atom. The van der Waals surface area contributed by atoms with Crippen molar-refractivity contribution in [2.75, 3.05) is 46.7 Å². The fraction of sp³-hybridized carbons (Fsp3) is 0.909. The van der Waals surface area contributed by atoms with Gasteiger partial charge in [-0.3, -0.25) is 4.79 Å². The molecule has 2 atom stereocenters. The molecule has 2 heterocycles. The highest BCUT2D eigenvalue weighted by Crippen LogP contribution is 2.18. The molecule has 0 saturated carbocycles. The van der Waals surface area contributed by atoms with E-state index in [0.29, 0.717) is 39.6 Å². The lowest BCUT2D eigenvalue weighted by Gasteiger charge is -2.36. The number of hydrogen-bond donors (Lipinski definition) is 0. The quantitative estimate of drug-likeness (QED) is 0.678. The Morgan fingerprint density at radius 3 is 2.88 bits per heavy atom. The molecule has 2 unspecified atom stereocenters. The molecular weight excluding hydrogens is 210 g/mol. The molecule has 1 amide bonds. The van der Waals surface area contributed by atoms with E-state index in [9.17, 15) is 4.79 Å². The second-order valence-corrected chi connectivity index (χ2v) is 4.28. The molecule has 5 heteroatoms. The van der Waals surface area contributed by atoms with Gasteiger partial charge in [-0.2, -0.15) is 0 Å². The van der Waals surface area contributed by atoms with Crippen molar-refractivity contribution in [3.63, 3.8) is 0 Å². The zero-order chi connectivity index (χ0) is 11.4. The van der Waals surface area contributed by atoms with Crippen LogP contribution < -0.4 is 0 Å². The van der Waals surface area contributed by atoms with E-state index in [-0.39, 0.29) is 17.9 Å². The second kappa shape index (κ2) is 5.61. The van der Waals surface area contributed by atoms with Gasteiger partial charge in [0.15, 0.2) is 0 Å². The topological polar surface area (TPSA) is 48.0 Å². The summed E-state index contributed by atoms with van der Waals surface area (Å²) in [5, 5.41) is 0. The maximum Gasteiger partial charge on any atom is 0.228 e. The van der Waals surface area contributed by atoms with Gasteiger partial charge < -0.3 is 19.1 Å². The first kappa shape index (κ1) is 11.8. The lowest BCUT2D eigenvalue weighted by Crippen LogP contribution is -2.52. The van der Waals surface area contributed by atoms with Crippen LogP contribution in [0.15, 0.2) is 0 Å². The molecule has 2 rings (SSSR count). The number of amides is 1. The van der Waals surface area contributed by atoms with E-state index in [0.717, 1.165) is 6.42 Å². The minimum atomic E-state index is 0.0393. The summed E-state index contributed by atoms with van der Waals surface area (Å²) in [6.07, 6.45) is 0.843. The monoisotopic (exact) mass is 229 g/mol. The van der Waals surface area contributed by atoms with E-state index in [1.807, 2.05) is 4.90 Å². The molecule has 92 valence electrons. The van der Waals surface area contributed by atoms with Crippen LogP contribution in [0, 0.1) is 5.92 Å². The molecule has 0 aromatic rings. The van der Waals surface area contributed by atoms with Crippen LogP contribution in [0.3, 0.4) is 0 Å². The van der Waals surface area contributed by atoms with Crippen LogP contribution in [-0.2, 0) is 19.0 Å². The minimum Gasteiger partial charge on any atom is -0.382 e. The molecule has 0 spiro atoms. The van der Waals surface area contributed by atoms with Crippen molar-refractivity contribution in [3.05, 3.63) is 0 Å². The average molecular weight is 229 g/mol. The smallest absolute Gasteiger partial charge is 0.228 e. The highest BCUT2D eigenvalue weighted by molar-refractivity contribution is 5.79. The van der Waals surface area contributed by atoms with Crippen molar-refractivity contribution in [2.45, 2.75) is 12.5 Å². The summed E-state index contributed by atoms with van der Waals surface area (Å²) in [5.74, 6) is 0.236. The van der Waals surface area contributed by atoms with E-state index >= 15 is 0 Å². The molecule has 2 saturated heterocycles. The molecule has 0 bridgehead atoms. The first-order chi connectivity index (χ1) is 7.83. The first-order valence-electron chi connectivity index (χ1n) is 5.78. The fourth-order valence-corrected chi connectivity index (χ4v) is 2.24. The van der Waals surface area contributed by atoms with Crippen LogP contribution in [0.5, 0.6) is 0 Å². The Morgan fingerprint density at radius 2 is 2.19 bits per heavy atom. The minimum absolute atomic E-state index is 0.0393. The van der Waals surface area contributed by atoms with Crippen LogP contribution in [0.25, 0.3) is 0 Å². The third kappa shape index (κ3) is 2.53. The summed E-state index contributed by atoms with van der Waals surface area (Å²) in [5.41, 5.74) is 0. The van der Waals surface area contributed by atoms with Gasteiger partial charge in [0.25, 0.3) is 0 Å². The zero-order valence-corrected chi connectivity index (χ0v) is 9.68. The van der Waals surface area contributed by atoms with Gasteiger partial charge in [-0.1, -0.05) is 0 Å². The summed E-state index contributed by atoms with van der Waals surface area (Å²) in [7, 11) is 1.65. The van der Waals surface area contributed by atoms with Gasteiger partial charge in [-0.05, 0) is 6.42 Å². The molecule has 0 N–H and O–H groups in total. The third-order valence-electron chi connectivity index (χ3n) is 3.15. The summed E-state index contributed by atoms with van der Waals surface area (Å²) in [4.78, 5) is 14.1. The Bertz CT molecular complexity index is 238. The molecule has 0 aromatic heterocycles. The number of methoxy groups -OCH3 is 1. The predicted molar refractivity (Wildman–Crippen MR) is 57.1 cm³/mol. The number of hydrogen-bond acceptors (Lipinski definition) is 4. The maximum absolute atomic E-state index is 12.2. The van der Waals surface area contributed by atoms with Crippen LogP contribution in [0.4, 0.5) is 0 Å². The van der Waals surface area contributed by atoms with Gasteiger partial charge in [0.2, 0.25) is 5.91 Å². The van der Waals surface area contributed by atoms with Gasteiger partial charge in [0.05, 0.1) is 38.4 Å². The summed E-state index contributed by atoms with van der Waals surface area (Å²) in [6, 6.07) is 0.0619. The molecule has 16 heavy (non-hydrogen) atoms. The summed E-state index contributed by atoms with van der Waals surface area (Å²) < 4.78 is 15.7. The molecule has 0 aromatic carbocycles. The predicted octanol–water partition coefficient (Wildman–Crippen LogP) is -0.103. The summed E-state index contributed by atoms with van der Waals surface area (Å²) in [6.45, 7) is 3.68. The van der Waals surface area contributed by atoms with Gasteiger partial charge in [-0.25, -0.2) is 0 Å². The first-order valence-corrected chi connectivity index (χ1v) is 5.78. The molecule has 5 nitrogen and oxygen atoms in total. The Hall–Kier alpha value is -0.650. The van der Waals surface area contributed by atoms with Crippen molar-refractivity contribution < 1.29 is 19.0 Å². The standard InChI is InChI=1S/C11H19NO4/c1-14-7-10-8-16-5-3-12(10)11(13)9-2-4-15-6-9/h9-10H,2-8H2,1H3. The van der Waals surface area contributed by atoms with Gasteiger partial charge >= 0.3 is 0 Å². The Kier molecular flexibility index (Phi) is 4.15. The van der Waals surface area contributed by atoms with Crippen molar-refractivity contribution in [2.24, 2.45) is 5.92 Å². The van der Waals surface area contributed by atoms with Gasteiger partial charge in [-0.15, -0.1) is 0 Å². The van der Waals surface area contributed by atoms with E-state index in [1.54, 1.807) is 7.11 Å². The second-order valence-electron chi connectivity index (χ2n) is 4.28. The molecule has 0 radical (unpaired) electrons. The number of rotatable bonds is 3. The van der Waals surface area contributed by atoms with E-state index in [2.05, 4.69) is 0 Å². The Labute approximate surface area is 95.6 Å². The van der Waals surface area contributed by atoms with Crippen LogP contribution in [-0.4, -0.2) is 63.5 Å². The van der Waals surface area contributed by atoms with Crippen molar-refractivity contribution >= 4 is 5.91 Å². The maximum atomic E-state index is 12.2. The highest BCUT2D eigenvalue weighted by Gasteiger charge is 2.33. The van der Waals surface area contributed by atoms with Gasteiger partial charge in [0, 0.05) is 20.3 Å². The lowest BCUT2D eigenvalue weighted by atomic mass is 10.1.